The molecule has 0 aliphatic carbocycles. The fraction of sp³-hybridized carbons (Fsp3) is 0.286. The fourth-order valence-electron chi connectivity index (χ4n) is 3.13. The molecule has 6 nitrogen and oxygen atoms in total. The van der Waals surface area contributed by atoms with Crippen LogP contribution in [0.2, 0.25) is 0 Å². The zero-order valence-corrected chi connectivity index (χ0v) is 15.4. The molecule has 2 N–H and O–H groups in total. The van der Waals surface area contributed by atoms with E-state index in [9.17, 15) is 14.4 Å². The van der Waals surface area contributed by atoms with Crippen molar-refractivity contribution in [2.75, 3.05) is 6.54 Å². The largest absolute Gasteiger partial charge is 0.347 e. The van der Waals surface area contributed by atoms with E-state index in [1.165, 1.54) is 0 Å². The van der Waals surface area contributed by atoms with Gasteiger partial charge in [0.2, 0.25) is 5.91 Å². The first kappa shape index (κ1) is 18.6. The van der Waals surface area contributed by atoms with Crippen molar-refractivity contribution in [3.63, 3.8) is 0 Å². The van der Waals surface area contributed by atoms with Gasteiger partial charge in [-0.15, -0.1) is 0 Å². The summed E-state index contributed by atoms with van der Waals surface area (Å²) in [6.07, 6.45) is 0.613. The molecule has 1 heterocycles. The van der Waals surface area contributed by atoms with Crippen LogP contribution in [0.3, 0.4) is 0 Å². The molecule has 0 saturated carbocycles. The molecule has 3 rings (SSSR count). The quantitative estimate of drug-likeness (QED) is 0.772. The van der Waals surface area contributed by atoms with Gasteiger partial charge in [0, 0.05) is 0 Å². The van der Waals surface area contributed by atoms with E-state index in [1.807, 2.05) is 60.7 Å². The molecule has 0 unspecified atom stereocenters. The van der Waals surface area contributed by atoms with Gasteiger partial charge in [-0.25, -0.2) is 4.79 Å². The number of hydrogen-bond donors (Lipinski definition) is 2. The normalized spacial score (nSPS) is 16.7. The fourth-order valence-corrected chi connectivity index (χ4v) is 3.13. The maximum atomic E-state index is 12.6. The van der Waals surface area contributed by atoms with Crippen molar-refractivity contribution >= 4 is 17.8 Å². The Hall–Kier alpha value is -3.15. The summed E-state index contributed by atoms with van der Waals surface area (Å²) in [6, 6.07) is 18.7. The van der Waals surface area contributed by atoms with Crippen LogP contribution in [0.15, 0.2) is 60.7 Å². The lowest BCUT2D eigenvalue weighted by atomic mass is 9.99. The maximum absolute atomic E-state index is 12.6. The van der Waals surface area contributed by atoms with E-state index in [0.29, 0.717) is 6.42 Å². The molecule has 2 aromatic carbocycles. The monoisotopic (exact) mass is 365 g/mol. The summed E-state index contributed by atoms with van der Waals surface area (Å²) >= 11 is 0. The predicted molar refractivity (Wildman–Crippen MR) is 102 cm³/mol. The summed E-state index contributed by atoms with van der Waals surface area (Å²) in [4.78, 5) is 37.8. The SMILES string of the molecule is CC1(C)NC(=O)N(CC(=O)N[C@@H](Cc2ccccc2)c2ccccc2)C1=O. The number of carbonyl (C=O) groups excluding carboxylic acids is 3. The van der Waals surface area contributed by atoms with Gasteiger partial charge in [-0.2, -0.15) is 0 Å². The van der Waals surface area contributed by atoms with E-state index in [2.05, 4.69) is 10.6 Å². The third-order valence-corrected chi connectivity index (χ3v) is 4.57. The van der Waals surface area contributed by atoms with Crippen LogP contribution in [-0.4, -0.2) is 34.8 Å². The summed E-state index contributed by atoms with van der Waals surface area (Å²) < 4.78 is 0. The summed E-state index contributed by atoms with van der Waals surface area (Å²) in [5.74, 6) is -0.775. The first-order chi connectivity index (χ1) is 12.9. The molecular formula is C21H23N3O3. The number of amides is 4. The topological polar surface area (TPSA) is 78.5 Å². The third-order valence-electron chi connectivity index (χ3n) is 4.57. The average molecular weight is 365 g/mol. The molecule has 0 bridgehead atoms. The lowest BCUT2D eigenvalue weighted by Crippen LogP contribution is -2.44. The summed E-state index contributed by atoms with van der Waals surface area (Å²) in [6.45, 7) is 2.94. The van der Waals surface area contributed by atoms with E-state index in [-0.39, 0.29) is 18.5 Å². The van der Waals surface area contributed by atoms with Gasteiger partial charge in [-0.05, 0) is 31.4 Å². The second kappa shape index (κ2) is 7.61. The van der Waals surface area contributed by atoms with Gasteiger partial charge >= 0.3 is 6.03 Å². The van der Waals surface area contributed by atoms with E-state index < -0.39 is 17.5 Å². The van der Waals surface area contributed by atoms with Gasteiger partial charge < -0.3 is 10.6 Å². The first-order valence-electron chi connectivity index (χ1n) is 8.89. The zero-order chi connectivity index (χ0) is 19.4. The molecular weight excluding hydrogens is 342 g/mol. The van der Waals surface area contributed by atoms with Crippen LogP contribution in [0.25, 0.3) is 0 Å². The van der Waals surface area contributed by atoms with Crippen LogP contribution in [0.5, 0.6) is 0 Å². The molecule has 1 saturated heterocycles. The Labute approximate surface area is 158 Å². The minimum atomic E-state index is -0.986. The second-order valence-electron chi connectivity index (χ2n) is 7.17. The van der Waals surface area contributed by atoms with Gasteiger partial charge in [0.25, 0.3) is 5.91 Å². The van der Waals surface area contributed by atoms with E-state index >= 15 is 0 Å². The Morgan fingerprint density at radius 3 is 2.19 bits per heavy atom. The summed E-state index contributed by atoms with van der Waals surface area (Å²) in [5, 5.41) is 5.54. The van der Waals surface area contributed by atoms with Crippen LogP contribution >= 0.6 is 0 Å². The Morgan fingerprint density at radius 1 is 1.04 bits per heavy atom. The molecule has 1 fully saturated rings. The smallest absolute Gasteiger partial charge is 0.325 e. The zero-order valence-electron chi connectivity index (χ0n) is 15.4. The van der Waals surface area contributed by atoms with Crippen molar-refractivity contribution in [3.05, 3.63) is 71.8 Å². The van der Waals surface area contributed by atoms with E-state index in [4.69, 9.17) is 0 Å². The van der Waals surface area contributed by atoms with E-state index in [0.717, 1.165) is 16.0 Å². The van der Waals surface area contributed by atoms with Crippen LogP contribution in [-0.2, 0) is 16.0 Å². The summed E-state index contributed by atoms with van der Waals surface area (Å²) in [5.41, 5.74) is 1.07. The van der Waals surface area contributed by atoms with Gasteiger partial charge in [-0.1, -0.05) is 60.7 Å². The van der Waals surface area contributed by atoms with Crippen molar-refractivity contribution in [2.24, 2.45) is 0 Å². The average Bonchev–Trinajstić information content (AvgIpc) is 2.84. The van der Waals surface area contributed by atoms with E-state index in [1.54, 1.807) is 13.8 Å². The number of hydrogen-bond acceptors (Lipinski definition) is 3. The Bertz CT molecular complexity index is 834. The Kier molecular flexibility index (Phi) is 5.26. The highest BCUT2D eigenvalue weighted by Crippen LogP contribution is 2.20. The molecule has 1 aliphatic rings. The molecule has 0 spiro atoms. The van der Waals surface area contributed by atoms with Crippen LogP contribution in [0.1, 0.15) is 31.0 Å². The minimum absolute atomic E-state index is 0.255. The first-order valence-corrected chi connectivity index (χ1v) is 8.89. The molecule has 1 aliphatic heterocycles. The van der Waals surface area contributed by atoms with Gasteiger partial charge in [0.05, 0.1) is 6.04 Å². The molecule has 1 atom stereocenters. The number of nitrogens with one attached hydrogen (secondary N) is 2. The molecule has 0 aromatic heterocycles. The number of imide groups is 1. The van der Waals surface area contributed by atoms with Crippen LogP contribution in [0.4, 0.5) is 4.79 Å². The highest BCUT2D eigenvalue weighted by molar-refractivity contribution is 6.08. The lowest BCUT2D eigenvalue weighted by Gasteiger charge is -2.21. The molecule has 2 aromatic rings. The van der Waals surface area contributed by atoms with Crippen LogP contribution < -0.4 is 10.6 Å². The Morgan fingerprint density at radius 2 is 1.63 bits per heavy atom. The van der Waals surface area contributed by atoms with Crippen molar-refractivity contribution in [1.82, 2.24) is 15.5 Å². The third kappa shape index (κ3) is 4.34. The van der Waals surface area contributed by atoms with Crippen molar-refractivity contribution in [1.29, 1.82) is 0 Å². The van der Waals surface area contributed by atoms with Crippen molar-refractivity contribution in [2.45, 2.75) is 31.8 Å². The van der Waals surface area contributed by atoms with Crippen molar-refractivity contribution in [3.8, 4) is 0 Å². The maximum Gasteiger partial charge on any atom is 0.325 e. The summed E-state index contributed by atoms with van der Waals surface area (Å²) in [7, 11) is 0. The molecule has 0 radical (unpaired) electrons. The van der Waals surface area contributed by atoms with Gasteiger partial charge in [0.15, 0.2) is 0 Å². The molecule has 140 valence electrons. The van der Waals surface area contributed by atoms with Gasteiger partial charge in [0.1, 0.15) is 12.1 Å². The minimum Gasteiger partial charge on any atom is -0.347 e. The molecule has 27 heavy (non-hydrogen) atoms. The Balaban J connectivity index is 1.73. The highest BCUT2D eigenvalue weighted by atomic mass is 16.2. The standard InChI is InChI=1S/C21H23N3O3/c1-21(2)19(26)24(20(27)23-21)14-18(25)22-17(16-11-7-4-8-12-16)13-15-9-5-3-6-10-15/h3-12,17H,13-14H2,1-2H3,(H,22,25)(H,23,27)/t17-/m0/s1. The number of urea groups is 1. The second-order valence-corrected chi connectivity index (χ2v) is 7.17. The highest BCUT2D eigenvalue weighted by Gasteiger charge is 2.44. The predicted octanol–water partition coefficient (Wildman–Crippen LogP) is 2.42. The van der Waals surface area contributed by atoms with Crippen LogP contribution in [0, 0.1) is 0 Å². The number of rotatable bonds is 6. The lowest BCUT2D eigenvalue weighted by molar-refractivity contribution is -0.134. The van der Waals surface area contributed by atoms with Crippen molar-refractivity contribution < 1.29 is 14.4 Å². The number of carbonyl (C=O) groups is 3. The number of benzene rings is 2. The number of nitrogens with zero attached hydrogens (tertiary/aromatic N) is 1. The molecule has 6 heteroatoms. The molecule has 4 amide bonds. The van der Waals surface area contributed by atoms with Gasteiger partial charge in [-0.3, -0.25) is 14.5 Å².